The van der Waals surface area contributed by atoms with E-state index in [4.69, 9.17) is 4.74 Å². The van der Waals surface area contributed by atoms with E-state index in [9.17, 15) is 26.4 Å². The fourth-order valence-corrected chi connectivity index (χ4v) is 4.73. The number of methoxy groups -OCH3 is 1. The predicted molar refractivity (Wildman–Crippen MR) is 122 cm³/mol. The zero-order chi connectivity index (χ0) is 24.9. The third-order valence-corrected chi connectivity index (χ3v) is 6.46. The quantitative estimate of drug-likeness (QED) is 0.483. The van der Waals surface area contributed by atoms with Crippen LogP contribution in [0.5, 0.6) is 5.75 Å². The monoisotopic (exact) mass is 492 g/mol. The summed E-state index contributed by atoms with van der Waals surface area (Å²) in [6.45, 7) is 1.71. The van der Waals surface area contributed by atoms with Crippen LogP contribution >= 0.6 is 0 Å². The predicted octanol–water partition coefficient (Wildman–Crippen LogP) is 4.55. The van der Waals surface area contributed by atoms with Crippen LogP contribution in [0, 0.1) is 6.92 Å². The van der Waals surface area contributed by atoms with Gasteiger partial charge in [-0.25, -0.2) is 8.42 Å². The highest BCUT2D eigenvalue weighted by Crippen LogP contribution is 2.31. The molecule has 0 aliphatic rings. The summed E-state index contributed by atoms with van der Waals surface area (Å²) in [4.78, 5) is 12.9. The summed E-state index contributed by atoms with van der Waals surface area (Å²) in [7, 11) is -2.90. The van der Waals surface area contributed by atoms with Crippen LogP contribution in [0.4, 0.5) is 18.9 Å². The number of hydrogen-bond acceptors (Lipinski definition) is 4. The van der Waals surface area contributed by atoms with Gasteiger partial charge in [-0.3, -0.25) is 4.79 Å². The van der Waals surface area contributed by atoms with Crippen molar-refractivity contribution >= 4 is 21.6 Å². The number of alkyl halides is 3. The molecule has 6 nitrogen and oxygen atoms in total. The minimum absolute atomic E-state index is 0.0288. The Morgan fingerprint density at radius 1 is 1.00 bits per heavy atom. The van der Waals surface area contributed by atoms with Crippen molar-refractivity contribution in [2.45, 2.75) is 30.5 Å². The van der Waals surface area contributed by atoms with Gasteiger partial charge in [0.15, 0.2) is 0 Å². The molecular formula is C24H23F3N2O4S. The molecule has 0 bridgehead atoms. The smallest absolute Gasteiger partial charge is 0.416 e. The molecule has 0 heterocycles. The van der Waals surface area contributed by atoms with E-state index in [1.54, 1.807) is 43.3 Å². The molecule has 2 N–H and O–H groups in total. The second-order valence-corrected chi connectivity index (χ2v) is 9.27. The zero-order valence-electron chi connectivity index (χ0n) is 18.4. The Bertz CT molecular complexity index is 1260. The first-order valence-corrected chi connectivity index (χ1v) is 11.7. The number of nitrogens with one attached hydrogen (secondary N) is 2. The molecule has 1 amide bonds. The Morgan fingerprint density at radius 2 is 1.71 bits per heavy atom. The lowest BCUT2D eigenvalue weighted by Gasteiger charge is -2.20. The summed E-state index contributed by atoms with van der Waals surface area (Å²) >= 11 is 0. The van der Waals surface area contributed by atoms with Crippen molar-refractivity contribution < 1.29 is 31.1 Å². The van der Waals surface area contributed by atoms with Crippen LogP contribution in [0.3, 0.4) is 0 Å². The topological polar surface area (TPSA) is 84.5 Å². The average Bonchev–Trinajstić information content (AvgIpc) is 2.79. The lowest BCUT2D eigenvalue weighted by Crippen LogP contribution is -2.45. The van der Waals surface area contributed by atoms with E-state index in [1.165, 1.54) is 25.3 Å². The molecule has 3 aromatic carbocycles. The van der Waals surface area contributed by atoms with Gasteiger partial charge in [0.05, 0.1) is 12.7 Å². The number of amides is 1. The van der Waals surface area contributed by atoms with E-state index in [1.807, 2.05) is 0 Å². The number of benzene rings is 3. The van der Waals surface area contributed by atoms with Gasteiger partial charge in [0.1, 0.15) is 16.7 Å². The maximum absolute atomic E-state index is 13.2. The lowest BCUT2D eigenvalue weighted by atomic mass is 10.1. The molecule has 0 radical (unpaired) electrons. The van der Waals surface area contributed by atoms with Crippen LogP contribution in [0.25, 0.3) is 0 Å². The number of carbonyl (C=O) groups excluding carboxylic acids is 1. The van der Waals surface area contributed by atoms with Crippen molar-refractivity contribution in [2.24, 2.45) is 0 Å². The van der Waals surface area contributed by atoms with E-state index < -0.39 is 33.7 Å². The van der Waals surface area contributed by atoms with Gasteiger partial charge in [0, 0.05) is 5.69 Å². The summed E-state index contributed by atoms with van der Waals surface area (Å²) in [6.07, 6.45) is -4.62. The summed E-state index contributed by atoms with van der Waals surface area (Å²) in [6, 6.07) is 16.1. The first-order chi connectivity index (χ1) is 16.0. The summed E-state index contributed by atoms with van der Waals surface area (Å²) < 4.78 is 73.1. The Kier molecular flexibility index (Phi) is 7.63. The highest BCUT2D eigenvalue weighted by atomic mass is 32.2. The van der Waals surface area contributed by atoms with Gasteiger partial charge >= 0.3 is 6.18 Å². The maximum Gasteiger partial charge on any atom is 0.416 e. The van der Waals surface area contributed by atoms with Crippen molar-refractivity contribution in [3.63, 3.8) is 0 Å². The van der Waals surface area contributed by atoms with Crippen LogP contribution < -0.4 is 14.8 Å². The second-order valence-electron chi connectivity index (χ2n) is 7.59. The molecule has 1 atom stereocenters. The summed E-state index contributed by atoms with van der Waals surface area (Å²) in [5, 5.41) is 2.39. The molecule has 3 rings (SSSR count). The Labute approximate surface area is 195 Å². The van der Waals surface area contributed by atoms with Crippen molar-refractivity contribution in [3.8, 4) is 5.75 Å². The third-order valence-electron chi connectivity index (χ3n) is 4.96. The number of ether oxygens (including phenoxy) is 1. The summed E-state index contributed by atoms with van der Waals surface area (Å²) in [5.41, 5.74) is 0.278. The molecule has 34 heavy (non-hydrogen) atoms. The Hall–Kier alpha value is -3.37. The largest absolute Gasteiger partial charge is 0.495 e. The molecule has 0 saturated heterocycles. The van der Waals surface area contributed by atoms with E-state index in [-0.39, 0.29) is 22.8 Å². The van der Waals surface area contributed by atoms with Crippen LogP contribution in [0.15, 0.2) is 77.7 Å². The highest BCUT2D eigenvalue weighted by Gasteiger charge is 2.32. The van der Waals surface area contributed by atoms with Gasteiger partial charge in [-0.1, -0.05) is 42.5 Å². The molecule has 0 spiro atoms. The Morgan fingerprint density at radius 3 is 2.35 bits per heavy atom. The van der Waals surface area contributed by atoms with E-state index in [0.29, 0.717) is 11.1 Å². The van der Waals surface area contributed by atoms with Crippen LogP contribution in [-0.4, -0.2) is 27.5 Å². The number of carbonyl (C=O) groups is 1. The first-order valence-electron chi connectivity index (χ1n) is 10.2. The number of sulfonamides is 1. The lowest BCUT2D eigenvalue weighted by molar-refractivity contribution is -0.137. The van der Waals surface area contributed by atoms with Gasteiger partial charge in [0.25, 0.3) is 0 Å². The molecule has 3 aromatic rings. The molecule has 10 heteroatoms. The van der Waals surface area contributed by atoms with E-state index in [2.05, 4.69) is 10.0 Å². The molecule has 0 aliphatic heterocycles. The molecular weight excluding hydrogens is 469 g/mol. The normalized spacial score (nSPS) is 12.7. The van der Waals surface area contributed by atoms with Crippen molar-refractivity contribution in [3.05, 3.63) is 89.5 Å². The molecule has 0 aromatic heterocycles. The van der Waals surface area contributed by atoms with Gasteiger partial charge in [-0.05, 0) is 54.8 Å². The number of aryl methyl sites for hydroxylation is 1. The van der Waals surface area contributed by atoms with Gasteiger partial charge in [-0.2, -0.15) is 17.9 Å². The number of hydrogen-bond donors (Lipinski definition) is 2. The highest BCUT2D eigenvalue weighted by molar-refractivity contribution is 7.89. The van der Waals surface area contributed by atoms with Crippen molar-refractivity contribution in [2.75, 3.05) is 12.4 Å². The fraction of sp³-hybridized carbons (Fsp3) is 0.208. The minimum Gasteiger partial charge on any atom is -0.495 e. The second kappa shape index (κ2) is 10.3. The van der Waals surface area contributed by atoms with Gasteiger partial charge < -0.3 is 10.1 Å². The molecule has 180 valence electrons. The standard InChI is InChI=1S/C24H23F3N2O4S/c1-16-11-12-21(33-2)22(13-16)34(31,32)29-20(14-17-7-4-3-5-8-17)23(30)28-19-10-6-9-18(15-19)24(25,26)27/h3-13,15,20,29H,14H2,1-2H3,(H,28,30)/t20-/m1/s1. The van der Waals surface area contributed by atoms with Crippen molar-refractivity contribution in [1.82, 2.24) is 4.72 Å². The summed E-state index contributed by atoms with van der Waals surface area (Å²) in [5.74, 6) is -0.715. The SMILES string of the molecule is COc1ccc(C)cc1S(=O)(=O)N[C@H](Cc1ccccc1)C(=O)Nc1cccc(C(F)(F)F)c1. The van der Waals surface area contributed by atoms with Gasteiger partial charge in [-0.15, -0.1) is 0 Å². The number of rotatable bonds is 8. The zero-order valence-corrected chi connectivity index (χ0v) is 19.2. The number of anilines is 1. The molecule has 0 aliphatic carbocycles. The van der Waals surface area contributed by atoms with Crippen molar-refractivity contribution in [1.29, 1.82) is 0 Å². The first kappa shape index (κ1) is 25.3. The third kappa shape index (κ3) is 6.36. The molecule has 0 unspecified atom stereocenters. The van der Waals surface area contributed by atoms with Gasteiger partial charge in [0.2, 0.25) is 15.9 Å². The Balaban J connectivity index is 1.93. The van der Waals surface area contributed by atoms with E-state index >= 15 is 0 Å². The minimum atomic E-state index is -4.59. The van der Waals surface area contributed by atoms with Crippen LogP contribution in [-0.2, 0) is 27.4 Å². The van der Waals surface area contributed by atoms with E-state index in [0.717, 1.165) is 18.2 Å². The van der Waals surface area contributed by atoms with Crippen LogP contribution in [0.1, 0.15) is 16.7 Å². The molecule has 0 saturated carbocycles. The number of halogens is 3. The average molecular weight is 493 g/mol. The fourth-order valence-electron chi connectivity index (χ4n) is 3.29. The maximum atomic E-state index is 13.2. The van der Waals surface area contributed by atoms with Crippen LogP contribution in [0.2, 0.25) is 0 Å². The molecule has 0 fully saturated rings.